The molecular formula is C25H33N5O4. The van der Waals surface area contributed by atoms with Crippen molar-refractivity contribution in [2.24, 2.45) is 16.8 Å². The molecule has 1 aliphatic carbocycles. The topological polar surface area (TPSA) is 125 Å². The van der Waals surface area contributed by atoms with E-state index in [1.54, 1.807) is 24.4 Å². The number of nitrogens with one attached hydrogen (secondary N) is 3. The van der Waals surface area contributed by atoms with Crippen molar-refractivity contribution in [3.8, 4) is 11.5 Å². The first kappa shape index (κ1) is 25.0. The van der Waals surface area contributed by atoms with Crippen molar-refractivity contribution in [1.29, 1.82) is 0 Å². The van der Waals surface area contributed by atoms with Gasteiger partial charge in [0, 0.05) is 31.0 Å². The van der Waals surface area contributed by atoms with Crippen LogP contribution in [0, 0.1) is 18.8 Å². The molecule has 2 aromatic rings. The highest BCUT2D eigenvalue weighted by molar-refractivity contribution is 5.97. The number of carboxylic acid groups (broad SMARTS) is 1. The first-order valence-corrected chi connectivity index (χ1v) is 11.7. The van der Waals surface area contributed by atoms with Crippen molar-refractivity contribution < 1.29 is 19.4 Å². The Kier molecular flexibility index (Phi) is 9.25. The molecule has 34 heavy (non-hydrogen) atoms. The number of hydrogen-bond donors (Lipinski definition) is 4. The number of hydrogen-bond acceptors (Lipinski definition) is 5. The van der Waals surface area contributed by atoms with Gasteiger partial charge in [-0.15, -0.1) is 0 Å². The zero-order valence-corrected chi connectivity index (χ0v) is 19.7. The number of pyridine rings is 1. The second kappa shape index (κ2) is 12.6. The van der Waals surface area contributed by atoms with Gasteiger partial charge >= 0.3 is 12.0 Å². The Balaban J connectivity index is 1.65. The Morgan fingerprint density at radius 1 is 1.12 bits per heavy atom. The van der Waals surface area contributed by atoms with Gasteiger partial charge in [0.2, 0.25) is 5.96 Å². The van der Waals surface area contributed by atoms with Crippen molar-refractivity contribution in [2.75, 3.05) is 13.1 Å². The second-order valence-corrected chi connectivity index (χ2v) is 8.65. The SMILES string of the molecule is Cc1cc(Oc2ccc(/N=C(/NCC3CCCCC3)NC(=O)NC[C@H](C)C(=O)O)cc2)ccn1. The van der Waals surface area contributed by atoms with Crippen molar-refractivity contribution >= 4 is 23.6 Å². The quantitative estimate of drug-likeness (QED) is 0.338. The molecule has 9 nitrogen and oxygen atoms in total. The van der Waals surface area contributed by atoms with Gasteiger partial charge < -0.3 is 20.5 Å². The van der Waals surface area contributed by atoms with Crippen LogP contribution >= 0.6 is 0 Å². The summed E-state index contributed by atoms with van der Waals surface area (Å²) < 4.78 is 5.85. The average Bonchev–Trinajstić information content (AvgIpc) is 2.83. The molecule has 0 unspecified atom stereocenters. The van der Waals surface area contributed by atoms with E-state index in [9.17, 15) is 9.59 Å². The minimum atomic E-state index is -0.964. The smallest absolute Gasteiger partial charge is 0.321 e. The number of benzene rings is 1. The molecular weight excluding hydrogens is 434 g/mol. The Morgan fingerprint density at radius 3 is 2.53 bits per heavy atom. The maximum atomic E-state index is 12.3. The third kappa shape index (κ3) is 8.38. The highest BCUT2D eigenvalue weighted by atomic mass is 16.5. The van der Waals surface area contributed by atoms with E-state index < -0.39 is 17.9 Å². The summed E-state index contributed by atoms with van der Waals surface area (Å²) in [4.78, 5) is 32.1. The maximum absolute atomic E-state index is 12.3. The van der Waals surface area contributed by atoms with E-state index in [1.807, 2.05) is 25.1 Å². The van der Waals surface area contributed by atoms with Crippen LogP contribution in [-0.4, -0.2) is 41.1 Å². The first-order valence-electron chi connectivity index (χ1n) is 11.7. The van der Waals surface area contributed by atoms with E-state index >= 15 is 0 Å². The summed E-state index contributed by atoms with van der Waals surface area (Å²) in [5.41, 5.74) is 1.51. The molecule has 1 heterocycles. The van der Waals surface area contributed by atoms with Crippen LogP contribution in [0.2, 0.25) is 0 Å². The monoisotopic (exact) mass is 467 g/mol. The van der Waals surface area contributed by atoms with Gasteiger partial charge in [-0.2, -0.15) is 0 Å². The van der Waals surface area contributed by atoms with E-state index in [-0.39, 0.29) is 6.54 Å². The van der Waals surface area contributed by atoms with Crippen LogP contribution in [0.5, 0.6) is 11.5 Å². The highest BCUT2D eigenvalue weighted by Crippen LogP contribution is 2.25. The summed E-state index contributed by atoms with van der Waals surface area (Å²) in [5, 5.41) is 17.6. The molecule has 4 N–H and O–H groups in total. The van der Waals surface area contributed by atoms with E-state index in [4.69, 9.17) is 9.84 Å². The predicted octanol–water partition coefficient (Wildman–Crippen LogP) is 4.36. The number of guanidine groups is 1. The Bertz CT molecular complexity index is 987. The molecule has 0 radical (unpaired) electrons. The van der Waals surface area contributed by atoms with Gasteiger partial charge in [0.1, 0.15) is 11.5 Å². The van der Waals surface area contributed by atoms with Gasteiger partial charge in [0.15, 0.2) is 0 Å². The Labute approximate surface area is 200 Å². The minimum Gasteiger partial charge on any atom is -0.481 e. The molecule has 1 aromatic heterocycles. The molecule has 1 fully saturated rings. The van der Waals surface area contributed by atoms with Gasteiger partial charge in [-0.05, 0) is 56.0 Å². The van der Waals surface area contributed by atoms with Crippen LogP contribution in [0.1, 0.15) is 44.7 Å². The number of aryl methyl sites for hydroxylation is 1. The van der Waals surface area contributed by atoms with Crippen molar-refractivity contribution in [2.45, 2.75) is 46.0 Å². The Morgan fingerprint density at radius 2 is 1.85 bits per heavy atom. The van der Waals surface area contributed by atoms with Crippen LogP contribution in [0.15, 0.2) is 47.6 Å². The van der Waals surface area contributed by atoms with E-state index in [0.717, 1.165) is 18.5 Å². The van der Waals surface area contributed by atoms with Crippen LogP contribution in [0.25, 0.3) is 0 Å². The molecule has 0 bridgehead atoms. The fraction of sp³-hybridized carbons (Fsp3) is 0.440. The average molecular weight is 468 g/mol. The summed E-state index contributed by atoms with van der Waals surface area (Å²) in [6.45, 7) is 4.18. The van der Waals surface area contributed by atoms with Crippen LogP contribution in [0.3, 0.4) is 0 Å². The van der Waals surface area contributed by atoms with Gasteiger partial charge in [-0.3, -0.25) is 15.1 Å². The second-order valence-electron chi connectivity index (χ2n) is 8.65. The van der Waals surface area contributed by atoms with Gasteiger partial charge in [0.05, 0.1) is 11.6 Å². The molecule has 1 atom stereocenters. The molecule has 1 saturated carbocycles. The molecule has 3 rings (SSSR count). The number of rotatable bonds is 8. The largest absolute Gasteiger partial charge is 0.481 e. The lowest BCUT2D eigenvalue weighted by Gasteiger charge is -2.23. The standard InChI is InChI=1S/C25H33N5O4/c1-17(23(31)32)15-28-25(33)30-24(27-16-19-6-4-3-5-7-19)29-20-8-10-21(11-9-20)34-22-12-13-26-18(2)14-22/h8-14,17,19H,3-7,15-16H2,1-2H3,(H,31,32)(H3,27,28,29,30,33)/t17-/m0/s1. The maximum Gasteiger partial charge on any atom is 0.321 e. The van der Waals surface area contributed by atoms with Gasteiger partial charge in [-0.1, -0.05) is 26.2 Å². The summed E-state index contributed by atoms with van der Waals surface area (Å²) in [7, 11) is 0. The number of carbonyl (C=O) groups excluding carboxylic acids is 1. The number of aliphatic imine (C=N–C) groups is 1. The number of ether oxygens (including phenoxy) is 1. The van der Waals surface area contributed by atoms with Crippen molar-refractivity contribution in [1.82, 2.24) is 20.9 Å². The normalized spacial score (nSPS) is 15.3. The summed E-state index contributed by atoms with van der Waals surface area (Å²) in [6.07, 6.45) is 7.72. The molecule has 1 aromatic carbocycles. The van der Waals surface area contributed by atoms with Crippen molar-refractivity contribution in [3.63, 3.8) is 0 Å². The molecule has 1 aliphatic rings. The van der Waals surface area contributed by atoms with Crippen LogP contribution in [0.4, 0.5) is 10.5 Å². The number of amides is 2. The first-order chi connectivity index (χ1) is 16.4. The summed E-state index contributed by atoms with van der Waals surface area (Å²) in [5.74, 6) is 0.578. The van der Waals surface area contributed by atoms with E-state index in [1.165, 1.54) is 26.2 Å². The number of aromatic nitrogens is 1. The molecule has 9 heteroatoms. The number of carbonyl (C=O) groups is 2. The molecule has 0 spiro atoms. The number of urea groups is 1. The number of aliphatic carboxylic acids is 1. The summed E-state index contributed by atoms with van der Waals surface area (Å²) in [6, 6.07) is 10.4. The number of nitrogens with zero attached hydrogens (tertiary/aromatic N) is 2. The van der Waals surface area contributed by atoms with Gasteiger partial charge in [0.25, 0.3) is 0 Å². The van der Waals surface area contributed by atoms with Crippen LogP contribution < -0.4 is 20.7 Å². The van der Waals surface area contributed by atoms with Gasteiger partial charge in [-0.25, -0.2) is 9.79 Å². The van der Waals surface area contributed by atoms with E-state index in [2.05, 4.69) is 25.9 Å². The zero-order valence-electron chi connectivity index (χ0n) is 19.7. The Hall–Kier alpha value is -3.62. The molecule has 182 valence electrons. The predicted molar refractivity (Wildman–Crippen MR) is 130 cm³/mol. The lowest BCUT2D eigenvalue weighted by molar-refractivity contribution is -0.140. The third-order valence-corrected chi connectivity index (χ3v) is 5.69. The highest BCUT2D eigenvalue weighted by Gasteiger charge is 2.16. The fourth-order valence-corrected chi connectivity index (χ4v) is 3.67. The molecule has 0 saturated heterocycles. The van der Waals surface area contributed by atoms with Crippen LogP contribution in [-0.2, 0) is 4.79 Å². The number of carboxylic acids is 1. The van der Waals surface area contributed by atoms with E-state index in [0.29, 0.717) is 35.6 Å². The molecule has 2 amide bonds. The fourth-order valence-electron chi connectivity index (χ4n) is 3.67. The van der Waals surface area contributed by atoms with Crippen molar-refractivity contribution in [3.05, 3.63) is 48.3 Å². The lowest BCUT2D eigenvalue weighted by atomic mass is 9.89. The zero-order chi connectivity index (χ0) is 24.3. The minimum absolute atomic E-state index is 0.0254. The lowest BCUT2D eigenvalue weighted by Crippen LogP contribution is -2.48. The third-order valence-electron chi connectivity index (χ3n) is 5.69. The molecule has 0 aliphatic heterocycles. The summed E-state index contributed by atoms with van der Waals surface area (Å²) >= 11 is 0.